The van der Waals surface area contributed by atoms with Crippen molar-refractivity contribution in [3.63, 3.8) is 0 Å². The van der Waals surface area contributed by atoms with Crippen molar-refractivity contribution in [1.29, 1.82) is 0 Å². The van der Waals surface area contributed by atoms with E-state index in [4.69, 9.17) is 19.3 Å². The lowest BCUT2D eigenvalue weighted by Gasteiger charge is -2.39. The summed E-state index contributed by atoms with van der Waals surface area (Å²) in [7, 11) is 0. The SMILES string of the molecule is CCC(=O)O[C@H]1[C@H](CCC(=O)O)COC(O)[C@@H]1OC(=O)CC. The van der Waals surface area contributed by atoms with E-state index in [9.17, 15) is 19.5 Å². The second-order valence-corrected chi connectivity index (χ2v) is 5.03. The van der Waals surface area contributed by atoms with Gasteiger partial charge in [0.05, 0.1) is 6.61 Å². The summed E-state index contributed by atoms with van der Waals surface area (Å²) in [6, 6.07) is 0. The van der Waals surface area contributed by atoms with Gasteiger partial charge in [0.15, 0.2) is 12.4 Å². The fraction of sp³-hybridized carbons (Fsp3) is 0.786. The van der Waals surface area contributed by atoms with E-state index < -0.39 is 42.3 Å². The first-order chi connectivity index (χ1) is 10.4. The minimum Gasteiger partial charge on any atom is -0.481 e. The number of hydrogen-bond acceptors (Lipinski definition) is 7. The van der Waals surface area contributed by atoms with Gasteiger partial charge in [-0.25, -0.2) is 0 Å². The highest BCUT2D eigenvalue weighted by Crippen LogP contribution is 2.28. The lowest BCUT2D eigenvalue weighted by molar-refractivity contribution is -0.255. The topological polar surface area (TPSA) is 119 Å². The van der Waals surface area contributed by atoms with Crippen molar-refractivity contribution in [3.05, 3.63) is 0 Å². The van der Waals surface area contributed by atoms with Crippen LogP contribution in [0.25, 0.3) is 0 Å². The average Bonchev–Trinajstić information content (AvgIpc) is 2.49. The maximum atomic E-state index is 11.6. The van der Waals surface area contributed by atoms with Crippen LogP contribution in [0.2, 0.25) is 0 Å². The van der Waals surface area contributed by atoms with E-state index in [1.807, 2.05) is 0 Å². The molecule has 0 bridgehead atoms. The summed E-state index contributed by atoms with van der Waals surface area (Å²) < 4.78 is 15.5. The van der Waals surface area contributed by atoms with Gasteiger partial charge in [-0.3, -0.25) is 14.4 Å². The average molecular weight is 318 g/mol. The number of esters is 2. The molecule has 4 atom stereocenters. The monoisotopic (exact) mass is 318 g/mol. The Morgan fingerprint density at radius 1 is 1.09 bits per heavy atom. The van der Waals surface area contributed by atoms with Crippen molar-refractivity contribution in [2.75, 3.05) is 6.61 Å². The third kappa shape index (κ3) is 5.27. The van der Waals surface area contributed by atoms with Crippen LogP contribution < -0.4 is 0 Å². The maximum absolute atomic E-state index is 11.6. The van der Waals surface area contributed by atoms with Crippen LogP contribution in [-0.4, -0.2) is 53.2 Å². The molecule has 1 fully saturated rings. The number of aliphatic hydroxyl groups excluding tert-OH is 1. The largest absolute Gasteiger partial charge is 0.481 e. The number of carboxylic acids is 1. The lowest BCUT2D eigenvalue weighted by Crippen LogP contribution is -2.54. The summed E-state index contributed by atoms with van der Waals surface area (Å²) in [4.78, 5) is 33.8. The van der Waals surface area contributed by atoms with E-state index >= 15 is 0 Å². The molecule has 0 aliphatic carbocycles. The number of hydrogen-bond donors (Lipinski definition) is 2. The van der Waals surface area contributed by atoms with Crippen molar-refractivity contribution in [2.45, 2.75) is 58.0 Å². The third-order valence-corrected chi connectivity index (χ3v) is 3.39. The number of carboxylic acid groups (broad SMARTS) is 1. The molecule has 8 nitrogen and oxygen atoms in total. The Morgan fingerprint density at radius 2 is 1.64 bits per heavy atom. The Hall–Kier alpha value is -1.67. The molecule has 1 aliphatic heterocycles. The predicted molar refractivity (Wildman–Crippen MR) is 72.7 cm³/mol. The van der Waals surface area contributed by atoms with Crippen molar-refractivity contribution >= 4 is 17.9 Å². The fourth-order valence-electron chi connectivity index (χ4n) is 2.16. The molecule has 0 amide bonds. The van der Waals surface area contributed by atoms with Crippen molar-refractivity contribution in [1.82, 2.24) is 0 Å². The van der Waals surface area contributed by atoms with Gasteiger partial charge in [0.1, 0.15) is 6.10 Å². The van der Waals surface area contributed by atoms with Gasteiger partial charge < -0.3 is 24.4 Å². The Bertz CT molecular complexity index is 408. The van der Waals surface area contributed by atoms with E-state index in [0.717, 1.165) is 0 Å². The van der Waals surface area contributed by atoms with E-state index in [1.54, 1.807) is 13.8 Å². The van der Waals surface area contributed by atoms with Crippen molar-refractivity contribution < 1.29 is 38.8 Å². The molecule has 1 aliphatic rings. The second-order valence-electron chi connectivity index (χ2n) is 5.03. The van der Waals surface area contributed by atoms with Gasteiger partial charge >= 0.3 is 17.9 Å². The number of aliphatic hydroxyl groups is 1. The van der Waals surface area contributed by atoms with Gasteiger partial charge in [-0.15, -0.1) is 0 Å². The molecule has 1 heterocycles. The standard InChI is InChI=1S/C14H22O8/c1-3-10(17)21-12-8(5-6-9(15)16)7-20-14(19)13(12)22-11(18)4-2/h8,12-14,19H,3-7H2,1-2H3,(H,15,16)/t8-,12+,13-,14?/m1/s1. The highest BCUT2D eigenvalue weighted by molar-refractivity contribution is 5.70. The van der Waals surface area contributed by atoms with Gasteiger partial charge in [-0.1, -0.05) is 13.8 Å². The highest BCUT2D eigenvalue weighted by atomic mass is 16.7. The molecule has 1 unspecified atom stereocenters. The van der Waals surface area contributed by atoms with Crippen molar-refractivity contribution in [2.24, 2.45) is 5.92 Å². The molecule has 126 valence electrons. The summed E-state index contributed by atoms with van der Waals surface area (Å²) >= 11 is 0. The van der Waals surface area contributed by atoms with E-state index in [2.05, 4.69) is 0 Å². The van der Waals surface area contributed by atoms with Crippen LogP contribution in [-0.2, 0) is 28.6 Å². The zero-order valence-corrected chi connectivity index (χ0v) is 12.7. The van der Waals surface area contributed by atoms with Gasteiger partial charge in [-0.2, -0.15) is 0 Å². The highest BCUT2D eigenvalue weighted by Gasteiger charge is 2.44. The van der Waals surface area contributed by atoms with Crippen LogP contribution in [0.1, 0.15) is 39.5 Å². The molecule has 2 N–H and O–H groups in total. The molecule has 0 radical (unpaired) electrons. The second kappa shape index (κ2) is 8.70. The van der Waals surface area contributed by atoms with Gasteiger partial charge in [0, 0.05) is 25.2 Å². The van der Waals surface area contributed by atoms with E-state index in [0.29, 0.717) is 0 Å². The molecule has 0 aromatic heterocycles. The first-order valence-electron chi connectivity index (χ1n) is 7.29. The fourth-order valence-corrected chi connectivity index (χ4v) is 2.16. The normalized spacial score (nSPS) is 28.0. The molecular weight excluding hydrogens is 296 g/mol. The Labute approximate surface area is 128 Å². The van der Waals surface area contributed by atoms with Crippen LogP contribution in [0.4, 0.5) is 0 Å². The first-order valence-corrected chi connectivity index (χ1v) is 7.29. The lowest BCUT2D eigenvalue weighted by atomic mass is 9.91. The number of carbonyl (C=O) groups excluding carboxylic acids is 2. The molecule has 0 aromatic carbocycles. The van der Waals surface area contributed by atoms with E-state index in [1.165, 1.54) is 0 Å². The van der Waals surface area contributed by atoms with Crippen LogP contribution in [0.5, 0.6) is 0 Å². The molecule has 0 saturated carbocycles. The minimum absolute atomic E-state index is 0.0241. The van der Waals surface area contributed by atoms with Crippen LogP contribution in [0.15, 0.2) is 0 Å². The molecular formula is C14H22O8. The van der Waals surface area contributed by atoms with Crippen LogP contribution >= 0.6 is 0 Å². The third-order valence-electron chi connectivity index (χ3n) is 3.39. The van der Waals surface area contributed by atoms with Gasteiger partial charge in [-0.05, 0) is 6.42 Å². The number of rotatable bonds is 7. The zero-order valence-electron chi connectivity index (χ0n) is 12.7. The molecule has 0 aromatic rings. The molecule has 1 rings (SSSR count). The Kier molecular flexibility index (Phi) is 7.26. The smallest absolute Gasteiger partial charge is 0.306 e. The number of ether oxygens (including phenoxy) is 3. The molecule has 8 heteroatoms. The van der Waals surface area contributed by atoms with Crippen LogP contribution in [0.3, 0.4) is 0 Å². The summed E-state index contributed by atoms with van der Waals surface area (Å²) in [6.07, 6.45) is -3.24. The maximum Gasteiger partial charge on any atom is 0.306 e. The van der Waals surface area contributed by atoms with E-state index in [-0.39, 0.29) is 32.3 Å². The molecule has 1 saturated heterocycles. The Morgan fingerprint density at radius 3 is 2.14 bits per heavy atom. The number of carbonyl (C=O) groups is 3. The summed E-state index contributed by atoms with van der Waals surface area (Å²) in [6.45, 7) is 3.22. The molecule has 22 heavy (non-hydrogen) atoms. The zero-order chi connectivity index (χ0) is 16.7. The predicted octanol–water partition coefficient (Wildman–Crippen LogP) is 0.460. The summed E-state index contributed by atoms with van der Waals surface area (Å²) in [5.74, 6) is -2.54. The summed E-state index contributed by atoms with van der Waals surface area (Å²) in [5.41, 5.74) is 0. The van der Waals surface area contributed by atoms with Gasteiger partial charge in [0.2, 0.25) is 0 Å². The first kappa shape index (κ1) is 18.4. The van der Waals surface area contributed by atoms with Crippen LogP contribution in [0, 0.1) is 5.92 Å². The minimum atomic E-state index is -1.41. The van der Waals surface area contributed by atoms with Gasteiger partial charge in [0.25, 0.3) is 0 Å². The molecule has 0 spiro atoms. The number of aliphatic carboxylic acids is 1. The Balaban J connectivity index is 2.88. The van der Waals surface area contributed by atoms with Crippen molar-refractivity contribution in [3.8, 4) is 0 Å². The quantitative estimate of drug-likeness (QED) is 0.650. The summed E-state index contributed by atoms with van der Waals surface area (Å²) in [5, 5.41) is 18.6.